The number of hydrogen-bond donors (Lipinski definition) is 7. The Hall–Kier alpha value is -1.98. The first kappa shape index (κ1) is 24.7. The predicted molar refractivity (Wildman–Crippen MR) is 100 cm³/mol. The number of aliphatic hydroxyl groups excluding tert-OH is 7. The van der Waals surface area contributed by atoms with Crippen molar-refractivity contribution in [3.05, 3.63) is 34.4 Å². The quantitative estimate of drug-likeness (QED) is 0.155. The summed E-state index contributed by atoms with van der Waals surface area (Å²) < 4.78 is 21.5. The van der Waals surface area contributed by atoms with Crippen molar-refractivity contribution in [2.24, 2.45) is 0 Å². The van der Waals surface area contributed by atoms with Gasteiger partial charge in [0.15, 0.2) is 6.29 Å². The minimum atomic E-state index is -1.77. The van der Waals surface area contributed by atoms with Gasteiger partial charge in [-0.3, -0.25) is 10.1 Å². The number of benzene rings is 1. The van der Waals surface area contributed by atoms with E-state index in [1.54, 1.807) is 0 Å². The Balaban J connectivity index is 1.70. The number of rotatable bonds is 7. The van der Waals surface area contributed by atoms with Crippen LogP contribution in [0.15, 0.2) is 24.3 Å². The van der Waals surface area contributed by atoms with Crippen molar-refractivity contribution in [3.8, 4) is 5.75 Å². The van der Waals surface area contributed by atoms with Crippen LogP contribution in [-0.2, 0) is 14.2 Å². The number of ether oxygens (including phenoxy) is 4. The lowest BCUT2D eigenvalue weighted by Gasteiger charge is -2.45. The van der Waals surface area contributed by atoms with Gasteiger partial charge in [-0.25, -0.2) is 0 Å². The van der Waals surface area contributed by atoms with Crippen LogP contribution in [0.3, 0.4) is 0 Å². The lowest BCUT2D eigenvalue weighted by molar-refractivity contribution is -0.384. The molecule has 0 bridgehead atoms. The van der Waals surface area contributed by atoms with E-state index in [2.05, 4.69) is 0 Å². The molecule has 0 amide bonds. The standard InChI is InChI=1S/C18H25NO13/c20-5-9-11(22)12(23)14(25)18(30-9)32-16-10(6-21)31-17(15(26)13(16)24)29-8-3-1-7(2-4-8)19(27)28/h1-4,9-18,20-26H,5-6H2/t9-,10+,11-,12-,13+,14-,15-,16-,17+,18-/m1/s1. The first-order valence-electron chi connectivity index (χ1n) is 9.67. The van der Waals surface area contributed by atoms with Crippen LogP contribution in [0, 0.1) is 10.1 Å². The highest BCUT2D eigenvalue weighted by atomic mass is 16.7. The highest BCUT2D eigenvalue weighted by Crippen LogP contribution is 2.30. The number of nitro benzene ring substituents is 1. The number of hydrogen-bond acceptors (Lipinski definition) is 13. The zero-order valence-electron chi connectivity index (χ0n) is 16.5. The van der Waals surface area contributed by atoms with Gasteiger partial charge >= 0.3 is 0 Å². The zero-order chi connectivity index (χ0) is 23.6. The minimum absolute atomic E-state index is 0.0804. The molecule has 14 nitrogen and oxygen atoms in total. The Labute approximate surface area is 180 Å². The van der Waals surface area contributed by atoms with E-state index in [0.717, 1.165) is 12.1 Å². The van der Waals surface area contributed by atoms with Gasteiger partial charge in [-0.05, 0) is 12.1 Å². The van der Waals surface area contributed by atoms with Gasteiger partial charge in [0.05, 0.1) is 18.1 Å². The molecule has 1 aromatic carbocycles. The summed E-state index contributed by atoms with van der Waals surface area (Å²) in [6, 6.07) is 4.83. The summed E-state index contributed by atoms with van der Waals surface area (Å²) in [5.41, 5.74) is -0.191. The molecule has 32 heavy (non-hydrogen) atoms. The summed E-state index contributed by atoms with van der Waals surface area (Å²) in [5.74, 6) is 0.0804. The van der Waals surface area contributed by atoms with E-state index < -0.39 is 79.5 Å². The third-order valence-electron chi connectivity index (χ3n) is 5.26. The monoisotopic (exact) mass is 463 g/mol. The fourth-order valence-corrected chi connectivity index (χ4v) is 3.43. The number of aliphatic hydroxyl groups is 7. The van der Waals surface area contributed by atoms with Crippen molar-refractivity contribution in [1.82, 2.24) is 0 Å². The molecule has 0 aromatic heterocycles. The van der Waals surface area contributed by atoms with E-state index in [9.17, 15) is 45.9 Å². The van der Waals surface area contributed by atoms with Crippen LogP contribution in [-0.4, -0.2) is 115 Å². The first-order chi connectivity index (χ1) is 15.2. The Morgan fingerprint density at radius 1 is 0.812 bits per heavy atom. The smallest absolute Gasteiger partial charge is 0.269 e. The summed E-state index contributed by atoms with van der Waals surface area (Å²) >= 11 is 0. The Morgan fingerprint density at radius 2 is 1.38 bits per heavy atom. The second-order valence-corrected chi connectivity index (χ2v) is 7.37. The molecule has 0 spiro atoms. The van der Waals surface area contributed by atoms with Gasteiger partial charge in [-0.2, -0.15) is 0 Å². The molecule has 1 aromatic rings. The maximum Gasteiger partial charge on any atom is 0.269 e. The molecule has 2 saturated heterocycles. The van der Waals surface area contributed by atoms with Gasteiger partial charge in [0, 0.05) is 12.1 Å². The van der Waals surface area contributed by atoms with Crippen LogP contribution in [0.1, 0.15) is 0 Å². The molecule has 14 heteroatoms. The maximum atomic E-state index is 10.7. The average Bonchev–Trinajstić information content (AvgIpc) is 2.79. The summed E-state index contributed by atoms with van der Waals surface area (Å²) in [6.45, 7) is -1.42. The summed E-state index contributed by atoms with van der Waals surface area (Å²) in [5, 5.41) is 80.4. The number of nitro groups is 1. The summed E-state index contributed by atoms with van der Waals surface area (Å²) in [6.07, 6.45) is -15.7. The fourth-order valence-electron chi connectivity index (χ4n) is 3.43. The Bertz CT molecular complexity index is 760. The molecule has 0 radical (unpaired) electrons. The van der Waals surface area contributed by atoms with E-state index in [4.69, 9.17) is 18.9 Å². The van der Waals surface area contributed by atoms with Crippen LogP contribution in [0.2, 0.25) is 0 Å². The number of nitrogens with zero attached hydrogens (tertiary/aromatic N) is 1. The molecule has 7 N–H and O–H groups in total. The molecule has 2 aliphatic rings. The molecule has 3 rings (SSSR count). The van der Waals surface area contributed by atoms with Crippen LogP contribution in [0.25, 0.3) is 0 Å². The van der Waals surface area contributed by atoms with E-state index in [-0.39, 0.29) is 11.4 Å². The average molecular weight is 463 g/mol. The molecule has 2 fully saturated rings. The van der Waals surface area contributed by atoms with Crippen molar-refractivity contribution in [3.63, 3.8) is 0 Å². The second-order valence-electron chi connectivity index (χ2n) is 7.37. The molecule has 10 atom stereocenters. The van der Waals surface area contributed by atoms with Crippen molar-refractivity contribution < 1.29 is 59.6 Å². The SMILES string of the molecule is O=[N+]([O-])c1ccc(O[C@H]2O[C@@H](CO)[C@@H](O[C@H]3O[C@H](CO)[C@@H](O)[C@@H](O)[C@H]3O)[C@@H](O)[C@H]2O)cc1. The number of non-ortho nitro benzene ring substituents is 1. The lowest BCUT2D eigenvalue weighted by atomic mass is 9.97. The van der Waals surface area contributed by atoms with E-state index in [1.807, 2.05) is 0 Å². The minimum Gasteiger partial charge on any atom is -0.462 e. The first-order valence-corrected chi connectivity index (χ1v) is 9.67. The van der Waals surface area contributed by atoms with Crippen molar-refractivity contribution in [2.75, 3.05) is 13.2 Å². The molecular formula is C18H25NO13. The zero-order valence-corrected chi connectivity index (χ0v) is 16.5. The van der Waals surface area contributed by atoms with Gasteiger partial charge in [-0.1, -0.05) is 0 Å². The highest BCUT2D eigenvalue weighted by Gasteiger charge is 2.51. The largest absolute Gasteiger partial charge is 0.462 e. The van der Waals surface area contributed by atoms with Gasteiger partial charge in [0.1, 0.15) is 54.6 Å². The maximum absolute atomic E-state index is 10.7. The van der Waals surface area contributed by atoms with E-state index in [0.29, 0.717) is 0 Å². The fraction of sp³-hybridized carbons (Fsp3) is 0.667. The van der Waals surface area contributed by atoms with Crippen molar-refractivity contribution in [1.29, 1.82) is 0 Å². The molecule has 0 saturated carbocycles. The van der Waals surface area contributed by atoms with Gasteiger partial charge in [0.2, 0.25) is 6.29 Å². The highest BCUT2D eigenvalue weighted by molar-refractivity contribution is 5.36. The van der Waals surface area contributed by atoms with Gasteiger partial charge < -0.3 is 54.7 Å². The Kier molecular flexibility index (Phi) is 7.94. The third kappa shape index (κ3) is 4.99. The summed E-state index contributed by atoms with van der Waals surface area (Å²) in [7, 11) is 0. The van der Waals surface area contributed by atoms with Crippen LogP contribution in [0.5, 0.6) is 5.75 Å². The molecular weight excluding hydrogens is 438 g/mol. The molecule has 180 valence electrons. The van der Waals surface area contributed by atoms with E-state index >= 15 is 0 Å². The van der Waals surface area contributed by atoms with E-state index in [1.165, 1.54) is 12.1 Å². The van der Waals surface area contributed by atoms with Crippen molar-refractivity contribution >= 4 is 5.69 Å². The van der Waals surface area contributed by atoms with Gasteiger partial charge in [0.25, 0.3) is 5.69 Å². The second kappa shape index (κ2) is 10.3. The third-order valence-corrected chi connectivity index (χ3v) is 5.26. The van der Waals surface area contributed by atoms with Crippen LogP contribution < -0.4 is 4.74 Å². The van der Waals surface area contributed by atoms with Crippen molar-refractivity contribution in [2.45, 2.75) is 61.4 Å². The molecule has 0 unspecified atom stereocenters. The van der Waals surface area contributed by atoms with Gasteiger partial charge in [-0.15, -0.1) is 0 Å². The molecule has 0 aliphatic carbocycles. The summed E-state index contributed by atoms with van der Waals surface area (Å²) in [4.78, 5) is 10.1. The topological polar surface area (TPSA) is 222 Å². The normalized spacial score (nSPS) is 40.1. The molecule has 2 heterocycles. The van der Waals surface area contributed by atoms with Crippen LogP contribution in [0.4, 0.5) is 5.69 Å². The predicted octanol–water partition coefficient (Wildman–Crippen LogP) is -3.40. The Morgan fingerprint density at radius 3 is 1.94 bits per heavy atom. The molecule has 2 aliphatic heterocycles. The lowest BCUT2D eigenvalue weighted by Crippen LogP contribution is -2.65. The van der Waals surface area contributed by atoms with Crippen LogP contribution >= 0.6 is 0 Å².